The van der Waals surface area contributed by atoms with Gasteiger partial charge in [0, 0.05) is 37.8 Å². The highest BCUT2D eigenvalue weighted by Gasteiger charge is 2.25. The highest BCUT2D eigenvalue weighted by Crippen LogP contribution is 2.40. The Morgan fingerprint density at radius 3 is 2.79 bits per heavy atom. The van der Waals surface area contributed by atoms with Gasteiger partial charge in [0.05, 0.1) is 11.9 Å². The first kappa shape index (κ1) is 23.6. The van der Waals surface area contributed by atoms with Crippen LogP contribution in [0.5, 0.6) is 11.5 Å². The summed E-state index contributed by atoms with van der Waals surface area (Å²) in [6, 6.07) is 5.24. The molecule has 0 aliphatic carbocycles. The number of hydrogen-bond acceptors (Lipinski definition) is 7. The minimum atomic E-state index is -0.320. The molecular formula is C23H32N8O3. The molecule has 0 saturated carbocycles. The van der Waals surface area contributed by atoms with Crippen molar-refractivity contribution in [1.29, 1.82) is 5.41 Å². The number of amides is 1. The maximum absolute atomic E-state index is 12.8. The molecule has 1 aromatic heterocycles. The van der Waals surface area contributed by atoms with Crippen molar-refractivity contribution in [3.05, 3.63) is 40.4 Å². The molecule has 1 saturated heterocycles. The smallest absolute Gasteiger partial charge is 0.350 e. The van der Waals surface area contributed by atoms with Crippen molar-refractivity contribution in [2.24, 2.45) is 5.73 Å². The Bertz CT molecular complexity index is 1110. The van der Waals surface area contributed by atoms with E-state index in [0.29, 0.717) is 41.7 Å². The van der Waals surface area contributed by atoms with Crippen LogP contribution >= 0.6 is 0 Å². The van der Waals surface area contributed by atoms with Crippen molar-refractivity contribution in [3.63, 3.8) is 0 Å². The molecule has 2 aromatic rings. The Hall–Kier alpha value is -3.60. The number of nitrogens with two attached hydrogens (primary N) is 1. The number of benzene rings is 1. The monoisotopic (exact) mass is 468 g/mol. The van der Waals surface area contributed by atoms with Gasteiger partial charge in [-0.3, -0.25) is 14.8 Å². The van der Waals surface area contributed by atoms with E-state index in [2.05, 4.69) is 25.8 Å². The molecule has 0 atom stereocenters. The SMILES string of the molecule is CCCNC(=O)c1ccc2c(c1)Nc1nc(=O)n(C3CCN(CCCNC(=N)N)CC3)cc1O2. The predicted octanol–water partition coefficient (Wildman–Crippen LogP) is 1.74. The average molecular weight is 469 g/mol. The Morgan fingerprint density at radius 1 is 1.26 bits per heavy atom. The summed E-state index contributed by atoms with van der Waals surface area (Å²) < 4.78 is 7.70. The van der Waals surface area contributed by atoms with Crippen LogP contribution in [0.1, 0.15) is 49.0 Å². The Morgan fingerprint density at radius 2 is 2.06 bits per heavy atom. The molecule has 1 aromatic carbocycles. The highest BCUT2D eigenvalue weighted by atomic mass is 16.5. The van der Waals surface area contributed by atoms with E-state index in [1.165, 1.54) is 0 Å². The molecule has 4 rings (SSSR count). The Kier molecular flexibility index (Phi) is 7.31. The molecule has 2 aliphatic heterocycles. The zero-order valence-corrected chi connectivity index (χ0v) is 19.4. The number of aromatic nitrogens is 2. The first-order valence-corrected chi connectivity index (χ1v) is 11.7. The third kappa shape index (κ3) is 5.48. The Balaban J connectivity index is 1.39. The van der Waals surface area contributed by atoms with Gasteiger partial charge in [-0.15, -0.1) is 0 Å². The van der Waals surface area contributed by atoms with Crippen molar-refractivity contribution >= 4 is 23.4 Å². The fraction of sp³-hybridized carbons (Fsp3) is 0.478. The van der Waals surface area contributed by atoms with E-state index in [1.54, 1.807) is 29.0 Å². The summed E-state index contributed by atoms with van der Waals surface area (Å²) >= 11 is 0. The van der Waals surface area contributed by atoms with E-state index in [1.807, 2.05) is 6.92 Å². The van der Waals surface area contributed by atoms with Gasteiger partial charge in [0.25, 0.3) is 5.91 Å². The second-order valence-electron chi connectivity index (χ2n) is 8.60. The number of guanidine groups is 1. The number of anilines is 2. The standard InChI is InChI=1S/C23H32N8O3/c1-2-8-26-21(32)15-4-5-18-17(13-15)28-20-19(34-18)14-31(23(33)29-20)16-6-11-30(12-7-16)10-3-9-27-22(24)25/h4-5,13-14,16H,2-3,6-12H2,1H3,(H,26,32)(H4,24,25,27)(H,28,29,33). The van der Waals surface area contributed by atoms with Gasteiger partial charge in [-0.25, -0.2) is 4.79 Å². The number of ether oxygens (including phenoxy) is 1. The van der Waals surface area contributed by atoms with Crippen LogP contribution in [-0.4, -0.2) is 59.0 Å². The van der Waals surface area contributed by atoms with E-state index in [4.69, 9.17) is 15.9 Å². The first-order chi connectivity index (χ1) is 16.4. The van der Waals surface area contributed by atoms with Gasteiger partial charge < -0.3 is 31.3 Å². The molecule has 1 amide bonds. The zero-order chi connectivity index (χ0) is 24.1. The molecular weight excluding hydrogens is 436 g/mol. The summed E-state index contributed by atoms with van der Waals surface area (Å²) in [6.45, 7) is 5.99. The van der Waals surface area contributed by atoms with Crippen LogP contribution in [0, 0.1) is 5.41 Å². The molecule has 0 radical (unpaired) electrons. The summed E-state index contributed by atoms with van der Waals surface area (Å²) in [5, 5.41) is 16.0. The van der Waals surface area contributed by atoms with E-state index < -0.39 is 0 Å². The van der Waals surface area contributed by atoms with E-state index >= 15 is 0 Å². The third-order valence-corrected chi connectivity index (χ3v) is 6.09. The van der Waals surface area contributed by atoms with Gasteiger partial charge in [0.2, 0.25) is 0 Å². The number of fused-ring (bicyclic) bond motifs is 2. The van der Waals surface area contributed by atoms with Crippen molar-refractivity contribution in [1.82, 2.24) is 25.1 Å². The van der Waals surface area contributed by atoms with Crippen LogP contribution in [0.3, 0.4) is 0 Å². The summed E-state index contributed by atoms with van der Waals surface area (Å²) in [7, 11) is 0. The minimum Gasteiger partial charge on any atom is -0.450 e. The first-order valence-electron chi connectivity index (χ1n) is 11.7. The largest absolute Gasteiger partial charge is 0.450 e. The van der Waals surface area contributed by atoms with E-state index in [9.17, 15) is 9.59 Å². The highest BCUT2D eigenvalue weighted by molar-refractivity contribution is 5.96. The molecule has 182 valence electrons. The third-order valence-electron chi connectivity index (χ3n) is 6.09. The van der Waals surface area contributed by atoms with Crippen LogP contribution in [0.4, 0.5) is 11.5 Å². The molecule has 0 unspecified atom stereocenters. The average Bonchev–Trinajstić information content (AvgIpc) is 2.83. The lowest BCUT2D eigenvalue weighted by molar-refractivity contribution is 0.0953. The fourth-order valence-corrected chi connectivity index (χ4v) is 4.27. The lowest BCUT2D eigenvalue weighted by Gasteiger charge is -2.33. The van der Waals surface area contributed by atoms with Crippen LogP contribution in [0.15, 0.2) is 29.2 Å². The van der Waals surface area contributed by atoms with Gasteiger partial charge in [-0.2, -0.15) is 4.98 Å². The van der Waals surface area contributed by atoms with Crippen molar-refractivity contribution < 1.29 is 9.53 Å². The van der Waals surface area contributed by atoms with E-state index in [-0.39, 0.29) is 23.6 Å². The van der Waals surface area contributed by atoms with Crippen LogP contribution < -0.4 is 32.1 Å². The van der Waals surface area contributed by atoms with Crippen LogP contribution in [0.25, 0.3) is 0 Å². The number of nitrogens with zero attached hydrogens (tertiary/aromatic N) is 3. The van der Waals surface area contributed by atoms with Gasteiger partial charge in [0.1, 0.15) is 0 Å². The summed E-state index contributed by atoms with van der Waals surface area (Å²) in [5.74, 6) is 1.28. The maximum Gasteiger partial charge on any atom is 0.350 e. The summed E-state index contributed by atoms with van der Waals surface area (Å²) in [4.78, 5) is 31.6. The normalized spacial score (nSPS) is 15.4. The molecule has 2 aliphatic rings. The second kappa shape index (κ2) is 10.6. The number of likely N-dealkylation sites (tertiary alicyclic amines) is 1. The van der Waals surface area contributed by atoms with Crippen LogP contribution in [-0.2, 0) is 0 Å². The lowest BCUT2D eigenvalue weighted by Crippen LogP contribution is -2.39. The topological polar surface area (TPSA) is 150 Å². The minimum absolute atomic E-state index is 0.00441. The molecule has 11 heteroatoms. The predicted molar refractivity (Wildman–Crippen MR) is 130 cm³/mol. The molecule has 3 heterocycles. The number of hydrogen-bond donors (Lipinski definition) is 5. The summed E-state index contributed by atoms with van der Waals surface area (Å²) in [5.41, 5.74) is 6.11. The fourth-order valence-electron chi connectivity index (χ4n) is 4.27. The Labute approximate surface area is 198 Å². The lowest BCUT2D eigenvalue weighted by atomic mass is 10.0. The molecule has 1 fully saturated rings. The number of nitrogens with one attached hydrogen (secondary N) is 4. The van der Waals surface area contributed by atoms with E-state index in [0.717, 1.165) is 45.3 Å². The molecule has 34 heavy (non-hydrogen) atoms. The zero-order valence-electron chi connectivity index (χ0n) is 19.4. The van der Waals surface area contributed by atoms with Gasteiger partial charge in [0.15, 0.2) is 23.3 Å². The quantitative estimate of drug-likeness (QED) is 0.191. The van der Waals surface area contributed by atoms with Gasteiger partial charge in [-0.05, 0) is 50.4 Å². The molecule has 11 nitrogen and oxygen atoms in total. The number of carbonyl (C=O) groups is 1. The molecule has 0 bridgehead atoms. The van der Waals surface area contributed by atoms with Crippen molar-refractivity contribution in [3.8, 4) is 11.5 Å². The maximum atomic E-state index is 12.8. The molecule has 6 N–H and O–H groups in total. The number of rotatable bonds is 8. The van der Waals surface area contributed by atoms with Gasteiger partial charge in [-0.1, -0.05) is 6.92 Å². The van der Waals surface area contributed by atoms with Crippen molar-refractivity contribution in [2.75, 3.05) is 38.0 Å². The number of piperidine rings is 1. The van der Waals surface area contributed by atoms with Crippen LogP contribution in [0.2, 0.25) is 0 Å². The molecule has 0 spiro atoms. The number of carbonyl (C=O) groups excluding carboxylic acids is 1. The second-order valence-corrected chi connectivity index (χ2v) is 8.60. The van der Waals surface area contributed by atoms with Gasteiger partial charge >= 0.3 is 5.69 Å². The summed E-state index contributed by atoms with van der Waals surface area (Å²) in [6.07, 6.45) is 5.20. The van der Waals surface area contributed by atoms with Crippen molar-refractivity contribution in [2.45, 2.75) is 38.6 Å².